The van der Waals surface area contributed by atoms with Gasteiger partial charge in [0.05, 0.1) is 23.2 Å². The lowest BCUT2D eigenvalue weighted by Gasteiger charge is -2.27. The quantitative estimate of drug-likeness (QED) is 0.537. The smallest absolute Gasteiger partial charge is 0.435 e. The predicted octanol–water partition coefficient (Wildman–Crippen LogP) is 4.62. The first-order chi connectivity index (χ1) is 14.2. The Labute approximate surface area is 181 Å². The largest absolute Gasteiger partial charge is 0.442 e. The van der Waals surface area contributed by atoms with Gasteiger partial charge in [-0.2, -0.15) is 9.78 Å². The van der Waals surface area contributed by atoms with Crippen molar-refractivity contribution in [3.63, 3.8) is 0 Å². The summed E-state index contributed by atoms with van der Waals surface area (Å²) in [5.41, 5.74) is 0.958. The maximum Gasteiger partial charge on any atom is 0.435 e. The standard InChI is InChI=1S/C21H22BrFN4O3/c1-21(2,3)30-20(28)27-17-12-16(23)15(22)11-14(17)19(25-27)13-4-5-24-18(10-13)26-6-8-29-9-7-26/h4-5,10-12H,6-9H2,1-3H3. The van der Waals surface area contributed by atoms with Crippen molar-refractivity contribution < 1.29 is 18.7 Å². The molecule has 3 aromatic rings. The van der Waals surface area contributed by atoms with Crippen LogP contribution in [0.2, 0.25) is 0 Å². The van der Waals surface area contributed by atoms with E-state index in [1.807, 2.05) is 12.1 Å². The average molecular weight is 477 g/mol. The summed E-state index contributed by atoms with van der Waals surface area (Å²) in [4.78, 5) is 19.3. The third kappa shape index (κ3) is 4.17. The fourth-order valence-electron chi connectivity index (χ4n) is 3.30. The minimum Gasteiger partial charge on any atom is -0.442 e. The first-order valence-corrected chi connectivity index (χ1v) is 10.4. The molecule has 0 amide bonds. The van der Waals surface area contributed by atoms with Crippen LogP contribution in [0.15, 0.2) is 34.9 Å². The van der Waals surface area contributed by atoms with Gasteiger partial charge in [0.15, 0.2) is 0 Å². The van der Waals surface area contributed by atoms with Crippen LogP contribution in [-0.2, 0) is 9.47 Å². The van der Waals surface area contributed by atoms with Crippen molar-refractivity contribution in [3.8, 4) is 11.3 Å². The SMILES string of the molecule is CC(C)(C)OC(=O)n1nc(-c2ccnc(N3CCOCC3)c2)c2cc(Br)c(F)cc21. The molecule has 1 saturated heterocycles. The Balaban J connectivity index is 1.83. The number of aromatic nitrogens is 3. The lowest BCUT2D eigenvalue weighted by molar-refractivity contribution is 0.0523. The molecule has 0 saturated carbocycles. The van der Waals surface area contributed by atoms with Gasteiger partial charge in [-0.1, -0.05) is 0 Å². The van der Waals surface area contributed by atoms with Crippen LogP contribution in [0.25, 0.3) is 22.2 Å². The van der Waals surface area contributed by atoms with Crippen molar-refractivity contribution >= 4 is 38.7 Å². The number of rotatable bonds is 2. The van der Waals surface area contributed by atoms with E-state index >= 15 is 0 Å². The second-order valence-corrected chi connectivity index (χ2v) is 8.88. The van der Waals surface area contributed by atoms with E-state index in [0.29, 0.717) is 34.3 Å². The Morgan fingerprint density at radius 1 is 1.23 bits per heavy atom. The highest BCUT2D eigenvalue weighted by atomic mass is 79.9. The zero-order valence-corrected chi connectivity index (χ0v) is 18.6. The van der Waals surface area contributed by atoms with Gasteiger partial charge >= 0.3 is 6.09 Å². The molecular formula is C21H22BrFN4O3. The summed E-state index contributed by atoms with van der Waals surface area (Å²) in [5, 5.41) is 5.13. The number of benzene rings is 1. The van der Waals surface area contributed by atoms with E-state index in [2.05, 4.69) is 30.9 Å². The molecular weight excluding hydrogens is 455 g/mol. The minimum atomic E-state index is -0.705. The second kappa shape index (κ2) is 7.96. The summed E-state index contributed by atoms with van der Waals surface area (Å²) >= 11 is 3.23. The van der Waals surface area contributed by atoms with Gasteiger partial charge in [-0.15, -0.1) is 0 Å². The summed E-state index contributed by atoms with van der Waals surface area (Å²) in [7, 11) is 0. The van der Waals surface area contributed by atoms with E-state index in [1.54, 1.807) is 33.0 Å². The Hall–Kier alpha value is -2.52. The number of halogens is 2. The molecule has 0 aliphatic carbocycles. The monoisotopic (exact) mass is 476 g/mol. The first-order valence-electron chi connectivity index (χ1n) is 9.63. The van der Waals surface area contributed by atoms with Crippen LogP contribution in [0.5, 0.6) is 0 Å². The molecule has 1 aliphatic heterocycles. The van der Waals surface area contributed by atoms with Gasteiger partial charge in [-0.25, -0.2) is 14.2 Å². The summed E-state index contributed by atoms with van der Waals surface area (Å²) in [6.45, 7) is 8.10. The summed E-state index contributed by atoms with van der Waals surface area (Å²) in [6.07, 6.45) is 1.04. The Kier molecular flexibility index (Phi) is 5.50. The number of fused-ring (bicyclic) bond motifs is 1. The van der Waals surface area contributed by atoms with Crippen LogP contribution in [0.1, 0.15) is 20.8 Å². The predicted molar refractivity (Wildman–Crippen MR) is 115 cm³/mol. The number of hydrogen-bond acceptors (Lipinski definition) is 6. The lowest BCUT2D eigenvalue weighted by Crippen LogP contribution is -2.36. The number of pyridine rings is 1. The van der Waals surface area contributed by atoms with Gasteiger partial charge in [0.1, 0.15) is 22.9 Å². The van der Waals surface area contributed by atoms with Crippen LogP contribution in [0.4, 0.5) is 15.0 Å². The van der Waals surface area contributed by atoms with Crippen LogP contribution in [0, 0.1) is 5.82 Å². The van der Waals surface area contributed by atoms with Crippen LogP contribution >= 0.6 is 15.9 Å². The molecule has 0 bridgehead atoms. The first kappa shape index (κ1) is 20.7. The number of hydrogen-bond donors (Lipinski definition) is 0. The average Bonchev–Trinajstić information content (AvgIpc) is 3.06. The number of carbonyl (C=O) groups excluding carboxylic acids is 1. The van der Waals surface area contributed by atoms with Gasteiger partial charge in [0.2, 0.25) is 0 Å². The molecule has 0 atom stereocenters. The molecule has 0 unspecified atom stereocenters. The zero-order chi connectivity index (χ0) is 21.5. The molecule has 30 heavy (non-hydrogen) atoms. The number of morpholine rings is 1. The van der Waals surface area contributed by atoms with E-state index in [9.17, 15) is 9.18 Å². The van der Waals surface area contributed by atoms with Gasteiger partial charge < -0.3 is 14.4 Å². The molecule has 4 rings (SSSR count). The molecule has 2 aromatic heterocycles. The molecule has 1 aliphatic rings. The van der Waals surface area contributed by atoms with Crippen molar-refractivity contribution in [2.45, 2.75) is 26.4 Å². The lowest BCUT2D eigenvalue weighted by atomic mass is 10.1. The molecule has 9 heteroatoms. The van der Waals surface area contributed by atoms with E-state index in [0.717, 1.165) is 29.2 Å². The molecule has 3 heterocycles. The van der Waals surface area contributed by atoms with Gasteiger partial charge in [0.25, 0.3) is 0 Å². The summed E-state index contributed by atoms with van der Waals surface area (Å²) in [5.74, 6) is 0.319. The molecule has 7 nitrogen and oxygen atoms in total. The van der Waals surface area contributed by atoms with E-state index in [-0.39, 0.29) is 0 Å². The Morgan fingerprint density at radius 3 is 2.67 bits per heavy atom. The molecule has 0 spiro atoms. The van der Waals surface area contributed by atoms with Gasteiger partial charge in [0, 0.05) is 36.3 Å². The Morgan fingerprint density at radius 2 is 1.97 bits per heavy atom. The van der Waals surface area contributed by atoms with Crippen LogP contribution in [-0.4, -0.2) is 52.8 Å². The molecule has 158 valence electrons. The third-order valence-corrected chi connectivity index (χ3v) is 5.25. The van der Waals surface area contributed by atoms with E-state index in [4.69, 9.17) is 9.47 Å². The number of carbonyl (C=O) groups is 1. The highest BCUT2D eigenvalue weighted by Gasteiger charge is 2.24. The maximum atomic E-state index is 14.3. The van der Waals surface area contributed by atoms with E-state index < -0.39 is 17.5 Å². The minimum absolute atomic E-state index is 0.294. The second-order valence-electron chi connectivity index (χ2n) is 8.03. The number of ether oxygens (including phenoxy) is 2. The van der Waals surface area contributed by atoms with Crippen molar-refractivity contribution in [1.29, 1.82) is 0 Å². The summed E-state index contributed by atoms with van der Waals surface area (Å²) in [6, 6.07) is 6.65. The summed E-state index contributed by atoms with van der Waals surface area (Å²) < 4.78 is 26.6. The maximum absolute atomic E-state index is 14.3. The third-order valence-electron chi connectivity index (χ3n) is 4.64. The molecule has 1 aromatic carbocycles. The number of anilines is 1. The van der Waals surface area contributed by atoms with Crippen LogP contribution in [0.3, 0.4) is 0 Å². The van der Waals surface area contributed by atoms with Gasteiger partial charge in [-0.3, -0.25) is 0 Å². The van der Waals surface area contributed by atoms with Gasteiger partial charge in [-0.05, 0) is 54.9 Å². The van der Waals surface area contributed by atoms with Crippen molar-refractivity contribution in [2.75, 3.05) is 31.2 Å². The fourth-order valence-corrected chi connectivity index (χ4v) is 3.64. The normalized spacial score (nSPS) is 14.9. The number of nitrogens with zero attached hydrogens (tertiary/aromatic N) is 4. The van der Waals surface area contributed by atoms with Crippen molar-refractivity contribution in [2.24, 2.45) is 0 Å². The topological polar surface area (TPSA) is 69.5 Å². The molecule has 1 fully saturated rings. The highest BCUT2D eigenvalue weighted by molar-refractivity contribution is 9.10. The highest BCUT2D eigenvalue weighted by Crippen LogP contribution is 2.33. The Bertz CT molecular complexity index is 1100. The van der Waals surface area contributed by atoms with Crippen LogP contribution < -0.4 is 4.90 Å². The van der Waals surface area contributed by atoms with Crippen molar-refractivity contribution in [3.05, 3.63) is 40.8 Å². The van der Waals surface area contributed by atoms with Crippen molar-refractivity contribution in [1.82, 2.24) is 14.8 Å². The molecule has 0 radical (unpaired) electrons. The zero-order valence-electron chi connectivity index (χ0n) is 17.0. The van der Waals surface area contributed by atoms with E-state index in [1.165, 1.54) is 6.07 Å². The molecule has 0 N–H and O–H groups in total. The fraction of sp³-hybridized carbons (Fsp3) is 0.381.